The maximum atomic E-state index is 12.0. The number of aromatic nitrogens is 1. The quantitative estimate of drug-likeness (QED) is 0.849. The molecule has 24 heavy (non-hydrogen) atoms. The Labute approximate surface area is 140 Å². The minimum atomic E-state index is -0.617. The highest BCUT2D eigenvalue weighted by Crippen LogP contribution is 2.21. The van der Waals surface area contributed by atoms with E-state index in [4.69, 9.17) is 4.74 Å². The molecule has 1 aromatic carbocycles. The van der Waals surface area contributed by atoms with E-state index in [9.17, 15) is 9.59 Å². The highest BCUT2D eigenvalue weighted by molar-refractivity contribution is 5.92. The molecule has 0 radical (unpaired) electrons. The number of esters is 1. The number of benzene rings is 1. The van der Waals surface area contributed by atoms with Gasteiger partial charge in [0.15, 0.2) is 0 Å². The summed E-state index contributed by atoms with van der Waals surface area (Å²) in [5.41, 5.74) is 2.42. The van der Waals surface area contributed by atoms with Gasteiger partial charge in [-0.1, -0.05) is 36.9 Å². The summed E-state index contributed by atoms with van der Waals surface area (Å²) in [7, 11) is 1.28. The molecule has 0 saturated carbocycles. The van der Waals surface area contributed by atoms with Crippen molar-refractivity contribution in [1.29, 1.82) is 0 Å². The summed E-state index contributed by atoms with van der Waals surface area (Å²) in [6.07, 6.45) is -0.617. The first-order chi connectivity index (χ1) is 11.5. The van der Waals surface area contributed by atoms with E-state index < -0.39 is 12.1 Å². The highest BCUT2D eigenvalue weighted by Gasteiger charge is 2.14. The predicted molar refractivity (Wildman–Crippen MR) is 90.5 cm³/mol. The third-order valence-corrected chi connectivity index (χ3v) is 3.14. The molecule has 0 aliphatic heterocycles. The van der Waals surface area contributed by atoms with E-state index >= 15 is 0 Å². The molecular weight excluding hydrogens is 308 g/mol. The van der Waals surface area contributed by atoms with Crippen LogP contribution in [-0.4, -0.2) is 24.2 Å². The first kappa shape index (κ1) is 17.2. The van der Waals surface area contributed by atoms with Gasteiger partial charge in [-0.05, 0) is 30.2 Å². The second-order valence-electron chi connectivity index (χ2n) is 5.05. The maximum Gasteiger partial charge on any atom is 0.412 e. The number of hydrogen-bond donors (Lipinski definition) is 1. The Morgan fingerprint density at radius 3 is 2.50 bits per heavy atom. The van der Waals surface area contributed by atoms with E-state index in [0.717, 1.165) is 5.56 Å². The number of carbonyl (C=O) groups is 2. The largest absolute Gasteiger partial charge is 0.464 e. The van der Waals surface area contributed by atoms with Gasteiger partial charge in [0.2, 0.25) is 0 Å². The van der Waals surface area contributed by atoms with Crippen molar-refractivity contribution in [3.05, 3.63) is 66.0 Å². The molecule has 6 heteroatoms. The predicted octanol–water partition coefficient (Wildman–Crippen LogP) is 3.65. The van der Waals surface area contributed by atoms with Crippen molar-refractivity contribution in [3.63, 3.8) is 0 Å². The molecular formula is C18H18N2O4. The molecule has 0 atom stereocenters. The van der Waals surface area contributed by atoms with Crippen LogP contribution < -0.4 is 5.32 Å². The van der Waals surface area contributed by atoms with Crippen molar-refractivity contribution in [3.8, 4) is 0 Å². The molecule has 0 aliphatic rings. The third-order valence-electron chi connectivity index (χ3n) is 3.14. The molecule has 0 aliphatic carbocycles. The number of nitrogens with one attached hydrogen (secondary N) is 1. The number of rotatable bonds is 5. The maximum absolute atomic E-state index is 12.0. The minimum absolute atomic E-state index is 0.138. The van der Waals surface area contributed by atoms with Crippen LogP contribution in [0.1, 0.15) is 28.7 Å². The zero-order valence-electron chi connectivity index (χ0n) is 13.5. The lowest BCUT2D eigenvalue weighted by atomic mass is 10.1. The average molecular weight is 326 g/mol. The van der Waals surface area contributed by atoms with Crippen molar-refractivity contribution >= 4 is 23.3 Å². The Kier molecular flexibility index (Phi) is 5.68. The number of amides is 1. The van der Waals surface area contributed by atoms with E-state index in [-0.39, 0.29) is 12.3 Å². The van der Waals surface area contributed by atoms with Gasteiger partial charge in [-0.15, -0.1) is 0 Å². The van der Waals surface area contributed by atoms with Crippen molar-refractivity contribution in [1.82, 2.24) is 4.98 Å². The summed E-state index contributed by atoms with van der Waals surface area (Å²) in [6, 6.07) is 12.4. The lowest BCUT2D eigenvalue weighted by molar-refractivity contribution is 0.0594. The Balaban J connectivity index is 2.09. The van der Waals surface area contributed by atoms with Crippen LogP contribution in [0.5, 0.6) is 0 Å². The van der Waals surface area contributed by atoms with E-state index in [1.54, 1.807) is 13.0 Å². The number of hydrogen-bond acceptors (Lipinski definition) is 5. The molecule has 0 spiro atoms. The molecule has 1 heterocycles. The second-order valence-corrected chi connectivity index (χ2v) is 5.05. The first-order valence-corrected chi connectivity index (χ1v) is 7.24. The Hall–Kier alpha value is -3.15. The molecule has 1 amide bonds. The van der Waals surface area contributed by atoms with Gasteiger partial charge in [-0.2, -0.15) is 0 Å². The molecule has 0 unspecified atom stereocenters. The lowest BCUT2D eigenvalue weighted by Gasteiger charge is -2.12. The van der Waals surface area contributed by atoms with Crippen molar-refractivity contribution in [2.45, 2.75) is 13.5 Å². The van der Waals surface area contributed by atoms with Gasteiger partial charge in [0.05, 0.1) is 18.5 Å². The normalized spacial score (nSPS) is 9.92. The lowest BCUT2D eigenvalue weighted by Crippen LogP contribution is -2.16. The van der Waals surface area contributed by atoms with E-state index in [1.807, 2.05) is 30.3 Å². The van der Waals surface area contributed by atoms with Gasteiger partial charge in [0, 0.05) is 0 Å². The highest BCUT2D eigenvalue weighted by atomic mass is 16.5. The van der Waals surface area contributed by atoms with Crippen LogP contribution in [-0.2, 0) is 16.1 Å². The topological polar surface area (TPSA) is 77.5 Å². The van der Waals surface area contributed by atoms with Crippen LogP contribution in [0, 0.1) is 0 Å². The Bertz CT molecular complexity index is 757. The van der Waals surface area contributed by atoms with Gasteiger partial charge in [-0.25, -0.2) is 14.6 Å². The number of anilines is 1. The molecule has 124 valence electrons. The number of carbonyl (C=O) groups excluding carboxylic acids is 2. The van der Waals surface area contributed by atoms with Crippen molar-refractivity contribution in [2.24, 2.45) is 0 Å². The van der Waals surface area contributed by atoms with Crippen LogP contribution in [0.4, 0.5) is 10.5 Å². The molecule has 2 rings (SSSR count). The standard InChI is InChI=1S/C18H18N2O4/c1-12(2)16-14(9-10-15(19-16)17(21)23-3)20-18(22)24-11-13-7-5-4-6-8-13/h4-10H,1,11H2,2-3H3,(H,20,22). The third kappa shape index (κ3) is 4.42. The number of methoxy groups -OCH3 is 1. The summed E-state index contributed by atoms with van der Waals surface area (Å²) in [4.78, 5) is 27.7. The molecule has 1 aromatic heterocycles. The zero-order valence-corrected chi connectivity index (χ0v) is 13.5. The Morgan fingerprint density at radius 1 is 1.17 bits per heavy atom. The van der Waals surface area contributed by atoms with Crippen LogP contribution in [0.3, 0.4) is 0 Å². The van der Waals surface area contributed by atoms with Gasteiger partial charge in [-0.3, -0.25) is 5.32 Å². The fourth-order valence-corrected chi connectivity index (χ4v) is 1.97. The second kappa shape index (κ2) is 7.92. The number of nitrogens with zero attached hydrogens (tertiary/aromatic N) is 1. The summed E-state index contributed by atoms with van der Waals surface area (Å²) >= 11 is 0. The fourth-order valence-electron chi connectivity index (χ4n) is 1.97. The molecule has 0 bridgehead atoms. The van der Waals surface area contributed by atoms with Crippen LogP contribution >= 0.6 is 0 Å². The number of allylic oxidation sites excluding steroid dienone is 1. The fraction of sp³-hybridized carbons (Fsp3) is 0.167. The number of ether oxygens (including phenoxy) is 2. The van der Waals surface area contributed by atoms with E-state index in [1.165, 1.54) is 13.2 Å². The molecule has 2 aromatic rings. The first-order valence-electron chi connectivity index (χ1n) is 7.24. The van der Waals surface area contributed by atoms with Gasteiger partial charge in [0.25, 0.3) is 0 Å². The van der Waals surface area contributed by atoms with Crippen molar-refractivity contribution in [2.75, 3.05) is 12.4 Å². The van der Waals surface area contributed by atoms with Gasteiger partial charge < -0.3 is 9.47 Å². The summed E-state index contributed by atoms with van der Waals surface area (Å²) in [5, 5.41) is 2.61. The van der Waals surface area contributed by atoms with Gasteiger partial charge >= 0.3 is 12.1 Å². The van der Waals surface area contributed by atoms with Crippen LogP contribution in [0.2, 0.25) is 0 Å². The molecule has 0 saturated heterocycles. The SMILES string of the molecule is C=C(C)c1nc(C(=O)OC)ccc1NC(=O)OCc1ccccc1. The van der Waals surface area contributed by atoms with Crippen molar-refractivity contribution < 1.29 is 19.1 Å². The smallest absolute Gasteiger partial charge is 0.412 e. The number of pyridine rings is 1. The molecule has 6 nitrogen and oxygen atoms in total. The molecule has 1 N–H and O–H groups in total. The Morgan fingerprint density at radius 2 is 1.88 bits per heavy atom. The molecule has 0 fully saturated rings. The summed E-state index contributed by atoms with van der Waals surface area (Å²) in [5.74, 6) is -0.560. The van der Waals surface area contributed by atoms with E-state index in [2.05, 4.69) is 21.6 Å². The average Bonchev–Trinajstić information content (AvgIpc) is 2.60. The zero-order chi connectivity index (χ0) is 17.5. The monoisotopic (exact) mass is 326 g/mol. The van der Waals surface area contributed by atoms with Crippen LogP contribution in [0.15, 0.2) is 49.0 Å². The van der Waals surface area contributed by atoms with Crippen LogP contribution in [0.25, 0.3) is 5.57 Å². The van der Waals surface area contributed by atoms with Gasteiger partial charge in [0.1, 0.15) is 12.3 Å². The minimum Gasteiger partial charge on any atom is -0.464 e. The van der Waals surface area contributed by atoms with E-state index in [0.29, 0.717) is 17.0 Å². The summed E-state index contributed by atoms with van der Waals surface area (Å²) < 4.78 is 9.80. The summed E-state index contributed by atoms with van der Waals surface area (Å²) in [6.45, 7) is 5.69.